The Labute approximate surface area is 155 Å². The number of carbonyl (C=O) groups excluding carboxylic acids is 3. The van der Waals surface area contributed by atoms with E-state index in [0.29, 0.717) is 12.1 Å². The minimum Gasteiger partial charge on any atom is -0.295 e. The lowest BCUT2D eigenvalue weighted by molar-refractivity contribution is -0.123. The highest BCUT2D eigenvalue weighted by Gasteiger charge is 2.44. The van der Waals surface area contributed by atoms with Gasteiger partial charge in [0.05, 0.1) is 11.6 Å². The molecule has 4 heteroatoms. The zero-order chi connectivity index (χ0) is 19.1. The summed E-state index contributed by atoms with van der Waals surface area (Å²) in [6.45, 7) is 8.21. The minimum absolute atomic E-state index is 0.0810. The summed E-state index contributed by atoms with van der Waals surface area (Å²) in [4.78, 5) is 39.0. The van der Waals surface area contributed by atoms with Crippen molar-refractivity contribution in [3.8, 4) is 0 Å². The molecule has 0 radical (unpaired) electrons. The van der Waals surface area contributed by atoms with E-state index in [-0.39, 0.29) is 41.3 Å². The molecular weight excluding hydrogens is 326 g/mol. The Morgan fingerprint density at radius 2 is 1.77 bits per heavy atom. The second-order valence-corrected chi connectivity index (χ2v) is 8.47. The van der Waals surface area contributed by atoms with Crippen LogP contribution in [0, 0.1) is 11.8 Å². The number of para-hydroxylation sites is 1. The van der Waals surface area contributed by atoms with E-state index in [4.69, 9.17) is 0 Å². The van der Waals surface area contributed by atoms with Crippen LogP contribution in [-0.2, 0) is 19.8 Å². The molecule has 3 rings (SSSR count). The lowest BCUT2D eigenvalue weighted by Gasteiger charge is -2.27. The van der Waals surface area contributed by atoms with Gasteiger partial charge in [-0.1, -0.05) is 51.5 Å². The molecule has 2 amide bonds. The number of hydrogen-bond acceptors (Lipinski definition) is 3. The summed E-state index contributed by atoms with van der Waals surface area (Å²) < 4.78 is 0. The van der Waals surface area contributed by atoms with Gasteiger partial charge in [0.15, 0.2) is 5.78 Å². The van der Waals surface area contributed by atoms with E-state index in [2.05, 4.69) is 20.8 Å². The first kappa shape index (κ1) is 18.6. The van der Waals surface area contributed by atoms with Crippen LogP contribution < -0.4 is 4.90 Å². The van der Waals surface area contributed by atoms with Crippen LogP contribution in [0.2, 0.25) is 0 Å². The number of allylic oxidation sites excluding steroid dienone is 2. The van der Waals surface area contributed by atoms with Gasteiger partial charge >= 0.3 is 0 Å². The van der Waals surface area contributed by atoms with Crippen LogP contribution in [0.25, 0.3) is 0 Å². The van der Waals surface area contributed by atoms with Gasteiger partial charge in [-0.05, 0) is 41.9 Å². The van der Waals surface area contributed by atoms with Crippen LogP contribution >= 0.6 is 0 Å². The fourth-order valence-electron chi connectivity index (χ4n) is 4.04. The number of ketones is 1. The maximum atomic E-state index is 13.2. The second kappa shape index (κ2) is 6.82. The van der Waals surface area contributed by atoms with Crippen molar-refractivity contribution in [1.82, 2.24) is 0 Å². The van der Waals surface area contributed by atoms with E-state index in [1.54, 1.807) is 6.08 Å². The molecule has 26 heavy (non-hydrogen) atoms. The first-order chi connectivity index (χ1) is 12.2. The van der Waals surface area contributed by atoms with E-state index in [0.717, 1.165) is 24.0 Å². The number of amides is 2. The second-order valence-electron chi connectivity index (χ2n) is 8.47. The fourth-order valence-corrected chi connectivity index (χ4v) is 4.04. The largest absolute Gasteiger partial charge is 0.295 e. The van der Waals surface area contributed by atoms with E-state index in [1.807, 2.05) is 31.2 Å². The maximum Gasteiger partial charge on any atom is 0.237 e. The zero-order valence-corrected chi connectivity index (χ0v) is 16.0. The van der Waals surface area contributed by atoms with Crippen molar-refractivity contribution in [3.63, 3.8) is 0 Å². The topological polar surface area (TPSA) is 54.5 Å². The Morgan fingerprint density at radius 3 is 2.42 bits per heavy atom. The zero-order valence-electron chi connectivity index (χ0n) is 16.0. The molecule has 138 valence electrons. The first-order valence-electron chi connectivity index (χ1n) is 9.39. The van der Waals surface area contributed by atoms with Crippen molar-refractivity contribution < 1.29 is 14.4 Å². The van der Waals surface area contributed by atoms with Gasteiger partial charge in [-0.25, -0.2) is 4.90 Å². The molecule has 1 fully saturated rings. The summed E-state index contributed by atoms with van der Waals surface area (Å²) in [5.41, 5.74) is 2.53. The average molecular weight is 353 g/mol. The lowest BCUT2D eigenvalue weighted by atomic mass is 9.81. The highest BCUT2D eigenvalue weighted by molar-refractivity contribution is 6.21. The van der Waals surface area contributed by atoms with Gasteiger partial charge < -0.3 is 0 Å². The molecule has 1 saturated heterocycles. The predicted molar refractivity (Wildman–Crippen MR) is 102 cm³/mol. The molecule has 0 spiro atoms. The van der Waals surface area contributed by atoms with Crippen molar-refractivity contribution in [3.05, 3.63) is 41.5 Å². The summed E-state index contributed by atoms with van der Waals surface area (Å²) >= 11 is 0. The normalized spacial score (nSPS) is 22.6. The van der Waals surface area contributed by atoms with Crippen LogP contribution in [0.5, 0.6) is 0 Å². The van der Waals surface area contributed by atoms with Crippen LogP contribution in [0.15, 0.2) is 35.9 Å². The maximum absolute atomic E-state index is 13.2. The predicted octanol–water partition coefficient (Wildman–Crippen LogP) is 4.18. The van der Waals surface area contributed by atoms with Crippen molar-refractivity contribution >= 4 is 23.3 Å². The molecular formula is C22H27NO3. The number of anilines is 1. The third-order valence-corrected chi connectivity index (χ3v) is 5.56. The Morgan fingerprint density at radius 1 is 1.08 bits per heavy atom. The van der Waals surface area contributed by atoms with Crippen LogP contribution in [0.3, 0.4) is 0 Å². The van der Waals surface area contributed by atoms with Crippen LogP contribution in [0.1, 0.15) is 58.9 Å². The molecule has 0 aromatic heterocycles. The van der Waals surface area contributed by atoms with Crippen molar-refractivity contribution in [2.24, 2.45) is 11.8 Å². The third kappa shape index (κ3) is 3.37. The molecule has 0 saturated carbocycles. The number of carbonyl (C=O) groups is 3. The molecule has 2 aliphatic rings. The van der Waals surface area contributed by atoms with Gasteiger partial charge in [0.2, 0.25) is 11.8 Å². The molecule has 0 N–H and O–H groups in total. The van der Waals surface area contributed by atoms with E-state index in [9.17, 15) is 14.4 Å². The summed E-state index contributed by atoms with van der Waals surface area (Å²) in [6, 6.07) is 7.64. The van der Waals surface area contributed by atoms with E-state index < -0.39 is 0 Å². The first-order valence-corrected chi connectivity index (χ1v) is 9.39. The standard InChI is InChI=1S/C22H27NO3/c1-14(15-8-7-9-16(24)12-15)17-13-20(25)23(21(17)26)19-11-6-5-10-18(19)22(2,3)4/h5-6,10-12,14,17H,7-9,13H2,1-4H3/t14-,17?/m0/s1. The number of nitrogens with zero attached hydrogens (tertiary/aromatic N) is 1. The lowest BCUT2D eigenvalue weighted by Crippen LogP contribution is -2.34. The molecule has 2 atom stereocenters. The van der Waals surface area contributed by atoms with Crippen molar-refractivity contribution in [2.45, 2.75) is 58.8 Å². The molecule has 4 nitrogen and oxygen atoms in total. The number of hydrogen-bond donors (Lipinski definition) is 0. The number of imide groups is 1. The Bertz CT molecular complexity index is 785. The van der Waals surface area contributed by atoms with Gasteiger partial charge in [-0.3, -0.25) is 14.4 Å². The Kier molecular flexibility index (Phi) is 4.87. The summed E-state index contributed by atoms with van der Waals surface area (Å²) in [5, 5.41) is 0. The summed E-state index contributed by atoms with van der Waals surface area (Å²) in [7, 11) is 0. The number of benzene rings is 1. The molecule has 1 aromatic rings. The molecule has 1 heterocycles. The summed E-state index contributed by atoms with van der Waals surface area (Å²) in [6.07, 6.45) is 4.16. The average Bonchev–Trinajstić information content (AvgIpc) is 2.88. The highest BCUT2D eigenvalue weighted by Crippen LogP contribution is 2.39. The van der Waals surface area contributed by atoms with Crippen molar-refractivity contribution in [2.75, 3.05) is 4.90 Å². The highest BCUT2D eigenvalue weighted by atomic mass is 16.2. The van der Waals surface area contributed by atoms with Crippen LogP contribution in [0.4, 0.5) is 5.69 Å². The Balaban J connectivity index is 1.92. The van der Waals surface area contributed by atoms with Gasteiger partial charge in [-0.15, -0.1) is 0 Å². The molecule has 1 aliphatic heterocycles. The molecule has 1 unspecified atom stereocenters. The molecule has 0 bridgehead atoms. The van der Waals surface area contributed by atoms with E-state index in [1.165, 1.54) is 4.90 Å². The van der Waals surface area contributed by atoms with Gasteiger partial charge in [0, 0.05) is 12.8 Å². The summed E-state index contributed by atoms with van der Waals surface area (Å²) in [5.74, 6) is -0.621. The fraction of sp³-hybridized carbons (Fsp3) is 0.500. The van der Waals surface area contributed by atoms with Gasteiger partial charge in [0.25, 0.3) is 0 Å². The van der Waals surface area contributed by atoms with Crippen molar-refractivity contribution in [1.29, 1.82) is 0 Å². The van der Waals surface area contributed by atoms with E-state index >= 15 is 0 Å². The van der Waals surface area contributed by atoms with Gasteiger partial charge in [0.1, 0.15) is 0 Å². The SMILES string of the molecule is C[C@@H](C1=CC(=O)CCC1)C1CC(=O)N(c2ccccc2C(C)(C)C)C1=O. The minimum atomic E-state index is -0.382. The monoisotopic (exact) mass is 353 g/mol. The quantitative estimate of drug-likeness (QED) is 0.766. The smallest absolute Gasteiger partial charge is 0.237 e. The number of rotatable bonds is 3. The van der Waals surface area contributed by atoms with Crippen LogP contribution in [-0.4, -0.2) is 17.6 Å². The third-order valence-electron chi connectivity index (χ3n) is 5.56. The molecule has 1 aromatic carbocycles. The van der Waals surface area contributed by atoms with Gasteiger partial charge in [-0.2, -0.15) is 0 Å². The molecule has 1 aliphatic carbocycles. The Hall–Kier alpha value is -2.23.